The van der Waals surface area contributed by atoms with Gasteiger partial charge in [0, 0.05) is 10.8 Å². The van der Waals surface area contributed by atoms with Crippen LogP contribution in [0.15, 0.2) is 24.3 Å². The van der Waals surface area contributed by atoms with Crippen molar-refractivity contribution < 1.29 is 19.8 Å². The summed E-state index contributed by atoms with van der Waals surface area (Å²) in [4.78, 5) is 25.2. The Bertz CT molecular complexity index is 652. The molecule has 1 aliphatic rings. The molecule has 0 aromatic heterocycles. The summed E-state index contributed by atoms with van der Waals surface area (Å²) in [5.74, 6) is -2.46. The predicted molar refractivity (Wildman–Crippen MR) is 97.9 cm³/mol. The van der Waals surface area contributed by atoms with E-state index in [-0.39, 0.29) is 0 Å². The summed E-state index contributed by atoms with van der Waals surface area (Å²) in [7, 11) is 0. The number of carbonyl (C=O) groups is 2. The molecule has 2 unspecified atom stereocenters. The van der Waals surface area contributed by atoms with E-state index in [0.717, 1.165) is 31.2 Å². The lowest BCUT2D eigenvalue weighted by molar-refractivity contribution is -0.169. The van der Waals surface area contributed by atoms with Crippen LogP contribution < -0.4 is 0 Å². The molecule has 0 bridgehead atoms. The monoisotopic (exact) mass is 346 g/mol. The van der Waals surface area contributed by atoms with Crippen LogP contribution in [0.5, 0.6) is 0 Å². The average Bonchev–Trinajstić information content (AvgIpc) is 2.80. The molecule has 0 heterocycles. The molecular weight excluding hydrogens is 316 g/mol. The highest BCUT2D eigenvalue weighted by atomic mass is 16.4. The van der Waals surface area contributed by atoms with Gasteiger partial charge in [0.2, 0.25) is 0 Å². The molecule has 0 aliphatic heterocycles. The van der Waals surface area contributed by atoms with Crippen molar-refractivity contribution in [3.05, 3.63) is 35.4 Å². The molecule has 1 aromatic carbocycles. The predicted octanol–water partition coefficient (Wildman–Crippen LogP) is 4.75. The number of aliphatic carboxylic acids is 2. The van der Waals surface area contributed by atoms with Gasteiger partial charge in [-0.3, -0.25) is 9.59 Å². The summed E-state index contributed by atoms with van der Waals surface area (Å²) in [5.41, 5.74) is -1.74. The van der Waals surface area contributed by atoms with Crippen molar-refractivity contribution in [3.8, 4) is 0 Å². The Morgan fingerprint density at radius 3 is 1.76 bits per heavy atom. The quantitative estimate of drug-likeness (QED) is 0.666. The summed E-state index contributed by atoms with van der Waals surface area (Å²) in [6.07, 6.45) is 4.32. The molecule has 0 fully saturated rings. The van der Waals surface area contributed by atoms with Gasteiger partial charge >= 0.3 is 11.9 Å². The Hall–Kier alpha value is -1.84. The smallest absolute Gasteiger partial charge is 0.326 e. The molecule has 1 aliphatic carbocycles. The number of carboxylic acids is 2. The van der Waals surface area contributed by atoms with E-state index in [2.05, 4.69) is 13.8 Å². The van der Waals surface area contributed by atoms with Gasteiger partial charge in [0.25, 0.3) is 0 Å². The molecule has 0 saturated carbocycles. The van der Waals surface area contributed by atoms with Crippen LogP contribution in [0.1, 0.15) is 77.3 Å². The first kappa shape index (κ1) is 19.5. The summed E-state index contributed by atoms with van der Waals surface area (Å²) >= 11 is 0. The molecule has 138 valence electrons. The van der Waals surface area contributed by atoms with E-state index in [4.69, 9.17) is 0 Å². The van der Waals surface area contributed by atoms with Crippen LogP contribution >= 0.6 is 0 Å². The molecule has 0 amide bonds. The standard InChI is InChI=1S/C21H30O4/c1-5-13-19(7-3)15-11-9-10-12-16(15)21(17(22)23,18(24)25)20(19,8-4)14-6-2/h9-12H,5-8,13-14H2,1-4H3,(H,22,23)(H,24,25). The fourth-order valence-electron chi connectivity index (χ4n) is 5.97. The third-order valence-electron chi connectivity index (χ3n) is 6.68. The molecular formula is C21H30O4. The van der Waals surface area contributed by atoms with Gasteiger partial charge in [-0.2, -0.15) is 0 Å². The minimum Gasteiger partial charge on any atom is -0.480 e. The van der Waals surface area contributed by atoms with Crippen molar-refractivity contribution >= 4 is 11.9 Å². The van der Waals surface area contributed by atoms with Crippen LogP contribution in [-0.2, 0) is 20.4 Å². The van der Waals surface area contributed by atoms with E-state index in [1.165, 1.54) is 0 Å². The highest BCUT2D eigenvalue weighted by Gasteiger charge is 2.74. The van der Waals surface area contributed by atoms with Crippen molar-refractivity contribution in [2.24, 2.45) is 5.41 Å². The van der Waals surface area contributed by atoms with Gasteiger partial charge in [-0.25, -0.2) is 0 Å². The molecule has 2 N–H and O–H groups in total. The zero-order chi connectivity index (χ0) is 18.9. The van der Waals surface area contributed by atoms with Gasteiger partial charge < -0.3 is 10.2 Å². The molecule has 4 heteroatoms. The minimum atomic E-state index is -1.89. The third kappa shape index (κ3) is 2.12. The number of hydrogen-bond donors (Lipinski definition) is 2. The molecule has 25 heavy (non-hydrogen) atoms. The van der Waals surface area contributed by atoms with Crippen molar-refractivity contribution in [1.29, 1.82) is 0 Å². The highest BCUT2D eigenvalue weighted by Crippen LogP contribution is 2.68. The SMILES string of the molecule is CCCC1(CC)c2ccccc2C(C(=O)O)(C(=O)O)C1(CC)CCC. The second-order valence-electron chi connectivity index (χ2n) is 7.28. The summed E-state index contributed by atoms with van der Waals surface area (Å²) in [6, 6.07) is 7.36. The summed E-state index contributed by atoms with van der Waals surface area (Å²) in [5, 5.41) is 20.6. The normalized spacial score (nSPS) is 27.0. The van der Waals surface area contributed by atoms with E-state index < -0.39 is 28.2 Å². The summed E-state index contributed by atoms with van der Waals surface area (Å²) < 4.78 is 0. The Balaban J connectivity index is 3.05. The van der Waals surface area contributed by atoms with Crippen LogP contribution in [0.3, 0.4) is 0 Å². The van der Waals surface area contributed by atoms with Gasteiger partial charge in [0.05, 0.1) is 0 Å². The largest absolute Gasteiger partial charge is 0.480 e. The van der Waals surface area contributed by atoms with Gasteiger partial charge in [0.15, 0.2) is 5.41 Å². The maximum Gasteiger partial charge on any atom is 0.326 e. The fraction of sp³-hybridized carbons (Fsp3) is 0.619. The van der Waals surface area contributed by atoms with Gasteiger partial charge in [0.1, 0.15) is 0 Å². The zero-order valence-corrected chi connectivity index (χ0v) is 15.8. The van der Waals surface area contributed by atoms with Gasteiger partial charge in [-0.15, -0.1) is 0 Å². The minimum absolute atomic E-state index is 0.431. The van der Waals surface area contributed by atoms with E-state index in [0.29, 0.717) is 18.4 Å². The van der Waals surface area contributed by atoms with Crippen LogP contribution in [0.2, 0.25) is 0 Å². The highest BCUT2D eigenvalue weighted by molar-refractivity contribution is 6.08. The molecule has 2 atom stereocenters. The Morgan fingerprint density at radius 1 is 0.840 bits per heavy atom. The lowest BCUT2D eigenvalue weighted by Gasteiger charge is -2.51. The van der Waals surface area contributed by atoms with Crippen molar-refractivity contribution in [3.63, 3.8) is 0 Å². The molecule has 0 saturated heterocycles. The topological polar surface area (TPSA) is 74.6 Å². The third-order valence-corrected chi connectivity index (χ3v) is 6.68. The van der Waals surface area contributed by atoms with Gasteiger partial charge in [-0.05, 0) is 36.8 Å². The van der Waals surface area contributed by atoms with Crippen LogP contribution in [0, 0.1) is 5.41 Å². The first-order valence-corrected chi connectivity index (χ1v) is 9.43. The number of rotatable bonds is 8. The Kier molecular flexibility index (Phi) is 5.31. The fourth-order valence-corrected chi connectivity index (χ4v) is 5.97. The second kappa shape index (κ2) is 6.81. The summed E-state index contributed by atoms with van der Waals surface area (Å²) in [6.45, 7) is 8.14. The lowest BCUT2D eigenvalue weighted by atomic mass is 9.49. The number of benzene rings is 1. The van der Waals surface area contributed by atoms with Crippen LogP contribution in [0.25, 0.3) is 0 Å². The van der Waals surface area contributed by atoms with E-state index in [9.17, 15) is 19.8 Å². The molecule has 0 radical (unpaired) electrons. The van der Waals surface area contributed by atoms with E-state index >= 15 is 0 Å². The molecule has 4 nitrogen and oxygen atoms in total. The first-order chi connectivity index (χ1) is 11.9. The van der Waals surface area contributed by atoms with Crippen molar-refractivity contribution in [2.75, 3.05) is 0 Å². The molecule has 0 spiro atoms. The lowest BCUT2D eigenvalue weighted by Crippen LogP contribution is -2.60. The van der Waals surface area contributed by atoms with Crippen molar-refractivity contribution in [1.82, 2.24) is 0 Å². The van der Waals surface area contributed by atoms with Crippen LogP contribution in [0.4, 0.5) is 0 Å². The number of carboxylic acid groups (broad SMARTS) is 2. The molecule has 1 aromatic rings. The maximum absolute atomic E-state index is 12.6. The second-order valence-corrected chi connectivity index (χ2v) is 7.28. The van der Waals surface area contributed by atoms with E-state index in [1.54, 1.807) is 12.1 Å². The van der Waals surface area contributed by atoms with Crippen LogP contribution in [-0.4, -0.2) is 22.2 Å². The number of hydrogen-bond acceptors (Lipinski definition) is 2. The average molecular weight is 346 g/mol. The first-order valence-electron chi connectivity index (χ1n) is 9.43. The maximum atomic E-state index is 12.6. The Morgan fingerprint density at radius 2 is 1.36 bits per heavy atom. The van der Waals surface area contributed by atoms with Crippen molar-refractivity contribution in [2.45, 2.75) is 77.0 Å². The van der Waals surface area contributed by atoms with Gasteiger partial charge in [-0.1, -0.05) is 64.8 Å². The molecule has 2 rings (SSSR count). The number of fused-ring (bicyclic) bond motifs is 1. The van der Waals surface area contributed by atoms with E-state index in [1.807, 2.05) is 26.0 Å². The zero-order valence-electron chi connectivity index (χ0n) is 15.8. The Labute approximate surface area is 150 Å².